The van der Waals surface area contributed by atoms with Crippen molar-refractivity contribution in [1.29, 1.82) is 0 Å². The summed E-state index contributed by atoms with van der Waals surface area (Å²) in [5.41, 5.74) is 7.63. The van der Waals surface area contributed by atoms with E-state index in [2.05, 4.69) is 31.2 Å². The van der Waals surface area contributed by atoms with Gasteiger partial charge in [0, 0.05) is 49.5 Å². The van der Waals surface area contributed by atoms with Gasteiger partial charge in [0.25, 0.3) is 0 Å². The molecule has 1 fully saturated rings. The molecule has 0 saturated carbocycles. The summed E-state index contributed by atoms with van der Waals surface area (Å²) in [6.07, 6.45) is 6.21. The van der Waals surface area contributed by atoms with Crippen molar-refractivity contribution < 1.29 is 9.59 Å². The van der Waals surface area contributed by atoms with Gasteiger partial charge in [-0.15, -0.1) is 0 Å². The normalized spacial score (nSPS) is 13.9. The Labute approximate surface area is 205 Å². The summed E-state index contributed by atoms with van der Waals surface area (Å²) < 4.78 is 0. The highest BCUT2D eigenvalue weighted by molar-refractivity contribution is 7.98. The molecule has 2 aromatic rings. The maximum absolute atomic E-state index is 12.3. The van der Waals surface area contributed by atoms with E-state index in [1.54, 1.807) is 0 Å². The van der Waals surface area contributed by atoms with Crippen LogP contribution < -0.4 is 32.5 Å². The minimum Gasteiger partial charge on any atom is -0.370 e. The Bertz CT molecular complexity index is 974. The van der Waals surface area contributed by atoms with Crippen molar-refractivity contribution >= 4 is 60.2 Å². The van der Waals surface area contributed by atoms with Crippen molar-refractivity contribution in [2.45, 2.75) is 25.3 Å². The third-order valence-electron chi connectivity index (χ3n) is 5.21. The first-order chi connectivity index (χ1) is 16.5. The van der Waals surface area contributed by atoms with Gasteiger partial charge in [-0.25, -0.2) is 9.78 Å². The van der Waals surface area contributed by atoms with Gasteiger partial charge in [-0.05, 0) is 49.2 Å². The number of aromatic nitrogens is 2. The van der Waals surface area contributed by atoms with Crippen molar-refractivity contribution in [3.05, 3.63) is 30.5 Å². The van der Waals surface area contributed by atoms with E-state index in [-0.39, 0.29) is 11.9 Å². The van der Waals surface area contributed by atoms with E-state index in [4.69, 9.17) is 13.6 Å². The summed E-state index contributed by atoms with van der Waals surface area (Å²) in [5.74, 6) is 1.31. The molecule has 1 aliphatic heterocycles. The number of amides is 3. The zero-order valence-corrected chi connectivity index (χ0v) is 20.2. The van der Waals surface area contributed by atoms with Crippen molar-refractivity contribution in [3.63, 3.8) is 0 Å². The van der Waals surface area contributed by atoms with Crippen molar-refractivity contribution in [3.8, 4) is 0 Å². The summed E-state index contributed by atoms with van der Waals surface area (Å²) in [7, 11) is 6.00. The fraction of sp³-hybridized carbons (Fsp3) is 0.455. The molecule has 1 aromatic carbocycles. The topological polar surface area (TPSA) is 137 Å². The molecule has 10 nitrogen and oxygen atoms in total. The Morgan fingerprint density at radius 3 is 2.76 bits per heavy atom. The van der Waals surface area contributed by atoms with Crippen LogP contribution in [0.15, 0.2) is 30.5 Å². The van der Waals surface area contributed by atoms with Crippen molar-refractivity contribution in [2.24, 2.45) is 5.73 Å². The maximum Gasteiger partial charge on any atom is 0.321 e. The van der Waals surface area contributed by atoms with Gasteiger partial charge in [-0.3, -0.25) is 4.79 Å². The Morgan fingerprint density at radius 2 is 2.00 bits per heavy atom. The van der Waals surface area contributed by atoms with E-state index in [1.165, 1.54) is 18.0 Å². The van der Waals surface area contributed by atoms with Gasteiger partial charge in [-0.1, -0.05) is 6.07 Å². The number of hydrogen-bond acceptors (Lipinski definition) is 8. The number of nitrogens with zero attached hydrogens (tertiary/aromatic N) is 3. The monoisotopic (exact) mass is 482 g/mol. The van der Waals surface area contributed by atoms with E-state index in [0.29, 0.717) is 48.2 Å². The Balaban J connectivity index is 1.49. The Hall–Kier alpha value is -2.99. The van der Waals surface area contributed by atoms with Crippen LogP contribution in [0.5, 0.6) is 0 Å². The molecule has 0 aliphatic carbocycles. The summed E-state index contributed by atoms with van der Waals surface area (Å²) in [6.45, 7) is 2.64. The van der Waals surface area contributed by atoms with Crippen LogP contribution in [-0.2, 0) is 4.79 Å². The number of anilines is 4. The largest absolute Gasteiger partial charge is 0.370 e. The molecule has 12 heteroatoms. The van der Waals surface area contributed by atoms with Crippen LogP contribution in [0, 0.1) is 0 Å². The third kappa shape index (κ3) is 7.81. The van der Waals surface area contributed by atoms with Gasteiger partial charge in [-0.2, -0.15) is 16.7 Å². The number of carbonyl (C=O) groups is 2. The molecule has 1 aliphatic rings. The minimum atomic E-state index is -0.499. The van der Waals surface area contributed by atoms with Crippen LogP contribution in [0.25, 0.3) is 0 Å². The number of hydrogen-bond donors (Lipinski definition) is 5. The molecular formula is C22H31BN8O2S. The number of nitrogens with two attached hydrogens (primary N) is 1. The number of benzene rings is 1. The zero-order chi connectivity index (χ0) is 24.3. The van der Waals surface area contributed by atoms with Gasteiger partial charge in [0.1, 0.15) is 13.7 Å². The molecule has 1 aromatic heterocycles. The van der Waals surface area contributed by atoms with Crippen LogP contribution >= 0.6 is 11.8 Å². The zero-order valence-electron chi connectivity index (χ0n) is 19.3. The Kier molecular flexibility index (Phi) is 9.83. The summed E-state index contributed by atoms with van der Waals surface area (Å²) in [6, 6.07) is 6.78. The first-order valence-corrected chi connectivity index (χ1v) is 12.7. The SMILES string of the molecule is [B]c1cnc(Nc2cccc(NC(=O)N3CCCC3)c2)nc1NCCCNC(=O)[C@@H](N)CSC. The standard InChI is InChI=1S/C22H31BN8O2S/c1-34-14-18(24)20(32)26-9-5-8-25-19-17(23)13-27-21(30-19)28-15-6-4-7-16(12-15)29-22(33)31-10-2-3-11-31/h4,6-7,12-13,18H,2-3,5,8-11,14,24H2,1H3,(H,26,32)(H,29,33)(H2,25,27,28,30)/t18-/m0/s1. The highest BCUT2D eigenvalue weighted by Crippen LogP contribution is 2.19. The summed E-state index contributed by atoms with van der Waals surface area (Å²) in [5, 5.41) is 12.1. The van der Waals surface area contributed by atoms with Gasteiger partial charge in [0.05, 0.1) is 6.04 Å². The molecular weight excluding hydrogens is 451 g/mol. The molecule has 0 spiro atoms. The second-order valence-electron chi connectivity index (χ2n) is 7.96. The lowest BCUT2D eigenvalue weighted by molar-refractivity contribution is -0.121. The average molecular weight is 482 g/mol. The molecule has 2 radical (unpaired) electrons. The predicted molar refractivity (Wildman–Crippen MR) is 139 cm³/mol. The van der Waals surface area contributed by atoms with Crippen LogP contribution in [-0.4, -0.2) is 78.9 Å². The van der Waals surface area contributed by atoms with E-state index in [9.17, 15) is 9.59 Å². The van der Waals surface area contributed by atoms with E-state index < -0.39 is 6.04 Å². The summed E-state index contributed by atoms with van der Waals surface area (Å²) in [4.78, 5) is 34.7. The molecule has 0 bridgehead atoms. The maximum atomic E-state index is 12.3. The molecule has 34 heavy (non-hydrogen) atoms. The quantitative estimate of drug-likeness (QED) is 0.238. The predicted octanol–water partition coefficient (Wildman–Crippen LogP) is 1.25. The third-order valence-corrected chi connectivity index (χ3v) is 5.90. The summed E-state index contributed by atoms with van der Waals surface area (Å²) >= 11 is 1.54. The van der Waals surface area contributed by atoms with Crippen LogP contribution in [0.1, 0.15) is 19.3 Å². The second-order valence-corrected chi connectivity index (χ2v) is 8.87. The second kappa shape index (κ2) is 13.0. The number of rotatable bonds is 11. The van der Waals surface area contributed by atoms with Crippen LogP contribution in [0.4, 0.5) is 27.9 Å². The molecule has 3 amide bonds. The molecule has 2 heterocycles. The molecule has 1 atom stereocenters. The van der Waals surface area contributed by atoms with Gasteiger partial charge < -0.3 is 31.9 Å². The highest BCUT2D eigenvalue weighted by atomic mass is 32.2. The van der Waals surface area contributed by atoms with E-state index in [0.717, 1.165) is 31.6 Å². The fourth-order valence-corrected chi connectivity index (χ4v) is 3.92. The van der Waals surface area contributed by atoms with Crippen molar-refractivity contribution in [2.75, 3.05) is 54.1 Å². The number of urea groups is 1. The lowest BCUT2D eigenvalue weighted by atomic mass is 9.99. The first kappa shape index (κ1) is 25.6. The number of carbonyl (C=O) groups excluding carboxylic acids is 2. The minimum absolute atomic E-state index is 0.0905. The lowest BCUT2D eigenvalue weighted by Gasteiger charge is -2.16. The Morgan fingerprint density at radius 1 is 1.24 bits per heavy atom. The van der Waals surface area contributed by atoms with Gasteiger partial charge >= 0.3 is 6.03 Å². The van der Waals surface area contributed by atoms with E-state index >= 15 is 0 Å². The molecule has 3 rings (SSSR count). The molecule has 0 unspecified atom stereocenters. The molecule has 6 N–H and O–H groups in total. The van der Waals surface area contributed by atoms with Crippen LogP contribution in [0.3, 0.4) is 0 Å². The van der Waals surface area contributed by atoms with Crippen LogP contribution in [0.2, 0.25) is 0 Å². The smallest absolute Gasteiger partial charge is 0.321 e. The number of nitrogens with one attached hydrogen (secondary N) is 4. The van der Waals surface area contributed by atoms with Crippen molar-refractivity contribution in [1.82, 2.24) is 20.2 Å². The lowest BCUT2D eigenvalue weighted by Crippen LogP contribution is -2.42. The van der Waals surface area contributed by atoms with Gasteiger partial charge in [0.2, 0.25) is 11.9 Å². The van der Waals surface area contributed by atoms with E-state index in [1.807, 2.05) is 35.4 Å². The number of likely N-dealkylation sites (tertiary alicyclic amines) is 1. The first-order valence-electron chi connectivity index (χ1n) is 11.3. The molecule has 1 saturated heterocycles. The average Bonchev–Trinajstić information content (AvgIpc) is 3.36. The van der Waals surface area contributed by atoms with Gasteiger partial charge in [0.15, 0.2) is 0 Å². The fourth-order valence-electron chi connectivity index (χ4n) is 3.41. The highest BCUT2D eigenvalue weighted by Gasteiger charge is 2.17. The molecule has 180 valence electrons. The number of thioether (sulfide) groups is 1.